The highest BCUT2D eigenvalue weighted by Crippen LogP contribution is 2.42. The first-order valence-electron chi connectivity index (χ1n) is 8.15. The second-order valence-corrected chi connectivity index (χ2v) is 7.02. The van der Waals surface area contributed by atoms with Crippen LogP contribution in [-0.2, 0) is 0 Å². The van der Waals surface area contributed by atoms with Crippen molar-refractivity contribution in [2.24, 2.45) is 0 Å². The number of hydrogen-bond acceptors (Lipinski definition) is 3. The summed E-state index contributed by atoms with van der Waals surface area (Å²) in [4.78, 5) is 0. The van der Waals surface area contributed by atoms with Gasteiger partial charge >= 0.3 is 0 Å². The molecule has 0 radical (unpaired) electrons. The summed E-state index contributed by atoms with van der Waals surface area (Å²) < 4.78 is 0. The van der Waals surface area contributed by atoms with E-state index in [1.807, 2.05) is 72.8 Å². The van der Waals surface area contributed by atoms with E-state index in [0.29, 0.717) is 26.5 Å². The SMILES string of the molecule is Clc1ccccc1-c1nnnc(-c2ccccc2Cl)c1-c1ccccc1Cl. The number of halogens is 3. The molecule has 0 atom stereocenters. The Morgan fingerprint density at radius 3 is 1.26 bits per heavy atom. The number of aromatic nitrogens is 3. The van der Waals surface area contributed by atoms with Gasteiger partial charge in [-0.2, -0.15) is 0 Å². The molecule has 0 aliphatic carbocycles. The second kappa shape index (κ2) is 7.65. The minimum Gasteiger partial charge on any atom is -0.129 e. The normalized spacial score (nSPS) is 10.8. The molecule has 0 aliphatic rings. The van der Waals surface area contributed by atoms with Crippen LogP contribution >= 0.6 is 34.8 Å². The highest BCUT2D eigenvalue weighted by molar-refractivity contribution is 6.35. The van der Waals surface area contributed by atoms with E-state index in [2.05, 4.69) is 15.4 Å². The van der Waals surface area contributed by atoms with E-state index in [-0.39, 0.29) is 0 Å². The lowest BCUT2D eigenvalue weighted by Gasteiger charge is -2.15. The van der Waals surface area contributed by atoms with Crippen molar-refractivity contribution >= 4 is 34.8 Å². The number of nitrogens with zero attached hydrogens (tertiary/aromatic N) is 3. The summed E-state index contributed by atoms with van der Waals surface area (Å²) in [6, 6.07) is 22.5. The Bertz CT molecular complexity index is 1070. The average Bonchev–Trinajstić information content (AvgIpc) is 2.69. The minimum absolute atomic E-state index is 0.566. The third kappa shape index (κ3) is 3.42. The maximum atomic E-state index is 6.52. The molecular formula is C21H12Cl3N3. The van der Waals surface area contributed by atoms with Crippen molar-refractivity contribution in [2.45, 2.75) is 0 Å². The number of benzene rings is 3. The predicted molar refractivity (Wildman–Crippen MR) is 111 cm³/mol. The molecule has 0 amide bonds. The standard InChI is InChI=1S/C21H12Cl3N3/c22-16-10-4-1-7-13(16)19-20(14-8-2-5-11-17(14)23)25-27-26-21(19)15-9-3-6-12-18(15)24/h1-12H. The molecule has 0 saturated heterocycles. The molecule has 6 heteroatoms. The van der Waals surface area contributed by atoms with Crippen LogP contribution in [0, 0.1) is 0 Å². The summed E-state index contributed by atoms with van der Waals surface area (Å²) in [5, 5.41) is 14.3. The van der Waals surface area contributed by atoms with Gasteiger partial charge in [-0.05, 0) is 23.4 Å². The monoisotopic (exact) mass is 411 g/mol. The molecule has 27 heavy (non-hydrogen) atoms. The summed E-state index contributed by atoms with van der Waals surface area (Å²) in [6.07, 6.45) is 0. The van der Waals surface area contributed by atoms with Crippen molar-refractivity contribution in [3.8, 4) is 33.6 Å². The summed E-state index contributed by atoms with van der Waals surface area (Å²) in [7, 11) is 0. The smallest absolute Gasteiger partial charge is 0.106 e. The zero-order valence-electron chi connectivity index (χ0n) is 13.9. The molecule has 3 aromatic carbocycles. The van der Waals surface area contributed by atoms with Crippen LogP contribution in [0.3, 0.4) is 0 Å². The summed E-state index contributed by atoms with van der Waals surface area (Å²) in [6.45, 7) is 0. The molecule has 1 aromatic heterocycles. The van der Waals surface area contributed by atoms with Gasteiger partial charge in [-0.25, -0.2) is 0 Å². The summed E-state index contributed by atoms with van der Waals surface area (Å²) in [5.41, 5.74) is 4.20. The average molecular weight is 413 g/mol. The Kier molecular flexibility index (Phi) is 5.08. The van der Waals surface area contributed by atoms with Crippen LogP contribution in [0.15, 0.2) is 72.8 Å². The third-order valence-corrected chi connectivity index (χ3v) is 5.15. The maximum Gasteiger partial charge on any atom is 0.106 e. The van der Waals surface area contributed by atoms with Crippen LogP contribution in [0.1, 0.15) is 0 Å². The zero-order valence-corrected chi connectivity index (χ0v) is 16.2. The lowest BCUT2D eigenvalue weighted by molar-refractivity contribution is 0.879. The van der Waals surface area contributed by atoms with Gasteiger partial charge < -0.3 is 0 Å². The van der Waals surface area contributed by atoms with E-state index < -0.39 is 0 Å². The molecule has 1 heterocycles. The lowest BCUT2D eigenvalue weighted by atomic mass is 9.95. The van der Waals surface area contributed by atoms with Gasteiger partial charge in [0.15, 0.2) is 0 Å². The fraction of sp³-hybridized carbons (Fsp3) is 0. The van der Waals surface area contributed by atoms with E-state index in [1.165, 1.54) is 0 Å². The first-order valence-corrected chi connectivity index (χ1v) is 9.28. The van der Waals surface area contributed by atoms with Gasteiger partial charge in [0.1, 0.15) is 11.4 Å². The molecule has 0 bridgehead atoms. The lowest BCUT2D eigenvalue weighted by Crippen LogP contribution is -2.01. The molecular weight excluding hydrogens is 401 g/mol. The molecule has 4 rings (SSSR count). The highest BCUT2D eigenvalue weighted by atomic mass is 35.5. The van der Waals surface area contributed by atoms with E-state index in [1.54, 1.807) is 0 Å². The Morgan fingerprint density at radius 2 is 0.852 bits per heavy atom. The van der Waals surface area contributed by atoms with Gasteiger partial charge in [-0.3, -0.25) is 0 Å². The van der Waals surface area contributed by atoms with Crippen LogP contribution < -0.4 is 0 Å². The minimum atomic E-state index is 0.566. The quantitative estimate of drug-likeness (QED) is 0.370. The fourth-order valence-corrected chi connectivity index (χ4v) is 3.61. The first-order chi connectivity index (χ1) is 13.2. The van der Waals surface area contributed by atoms with E-state index >= 15 is 0 Å². The van der Waals surface area contributed by atoms with Crippen LogP contribution in [0.2, 0.25) is 15.1 Å². The molecule has 0 fully saturated rings. The zero-order chi connectivity index (χ0) is 18.8. The predicted octanol–water partition coefficient (Wildman–Crippen LogP) is 6.83. The van der Waals surface area contributed by atoms with Crippen LogP contribution in [0.25, 0.3) is 33.6 Å². The molecule has 0 unspecified atom stereocenters. The van der Waals surface area contributed by atoms with Crippen LogP contribution in [-0.4, -0.2) is 15.4 Å². The van der Waals surface area contributed by atoms with Gasteiger partial charge in [0.05, 0.1) is 10.0 Å². The van der Waals surface area contributed by atoms with E-state index in [4.69, 9.17) is 34.8 Å². The molecule has 0 aliphatic heterocycles. The Hall–Kier alpha value is -2.46. The molecule has 3 nitrogen and oxygen atoms in total. The molecule has 0 spiro atoms. The molecule has 4 aromatic rings. The Labute approximate surface area is 171 Å². The van der Waals surface area contributed by atoms with Crippen molar-refractivity contribution in [3.63, 3.8) is 0 Å². The fourth-order valence-electron chi connectivity index (χ4n) is 2.93. The number of rotatable bonds is 3. The Balaban J connectivity index is 2.10. The molecule has 0 N–H and O–H groups in total. The Morgan fingerprint density at radius 1 is 0.481 bits per heavy atom. The van der Waals surface area contributed by atoms with Gasteiger partial charge in [-0.1, -0.05) is 89.4 Å². The van der Waals surface area contributed by atoms with Crippen LogP contribution in [0.5, 0.6) is 0 Å². The van der Waals surface area contributed by atoms with E-state index in [9.17, 15) is 0 Å². The van der Waals surface area contributed by atoms with Crippen molar-refractivity contribution in [1.29, 1.82) is 0 Å². The third-order valence-electron chi connectivity index (χ3n) is 4.16. The second-order valence-electron chi connectivity index (χ2n) is 5.80. The van der Waals surface area contributed by atoms with Crippen molar-refractivity contribution in [1.82, 2.24) is 15.4 Å². The molecule has 0 saturated carbocycles. The van der Waals surface area contributed by atoms with Gasteiger partial charge in [0, 0.05) is 27.3 Å². The van der Waals surface area contributed by atoms with E-state index in [0.717, 1.165) is 22.3 Å². The highest BCUT2D eigenvalue weighted by Gasteiger charge is 2.22. The number of hydrogen-bond donors (Lipinski definition) is 0. The van der Waals surface area contributed by atoms with Gasteiger partial charge in [-0.15, -0.1) is 10.2 Å². The largest absolute Gasteiger partial charge is 0.129 e. The van der Waals surface area contributed by atoms with Gasteiger partial charge in [0.25, 0.3) is 0 Å². The van der Waals surface area contributed by atoms with Gasteiger partial charge in [0.2, 0.25) is 0 Å². The summed E-state index contributed by atoms with van der Waals surface area (Å²) in [5.74, 6) is 0. The van der Waals surface area contributed by atoms with Crippen molar-refractivity contribution in [3.05, 3.63) is 87.9 Å². The molecule has 132 valence electrons. The summed E-state index contributed by atoms with van der Waals surface area (Å²) >= 11 is 19.4. The van der Waals surface area contributed by atoms with Crippen LogP contribution in [0.4, 0.5) is 0 Å². The first kappa shape index (κ1) is 17.9. The topological polar surface area (TPSA) is 38.7 Å². The van der Waals surface area contributed by atoms with Crippen molar-refractivity contribution in [2.75, 3.05) is 0 Å². The maximum absolute atomic E-state index is 6.52. The van der Waals surface area contributed by atoms with Crippen molar-refractivity contribution < 1.29 is 0 Å².